The maximum Gasteiger partial charge on any atom is 0.337 e. The van der Waals surface area contributed by atoms with Crippen LogP contribution in [0.2, 0.25) is 5.02 Å². The standard InChI is InChI=1S/C14H18ClNO2/c1-9(2)16(8-10-3-4-10)13-7-11(15)5-6-12(13)14(17)18/h5-7,9-10H,3-4,8H2,1-2H3,(H,17,18). The quantitative estimate of drug-likeness (QED) is 0.885. The van der Waals surface area contributed by atoms with Crippen molar-refractivity contribution < 1.29 is 9.90 Å². The summed E-state index contributed by atoms with van der Waals surface area (Å²) >= 11 is 6.00. The van der Waals surface area contributed by atoms with Gasteiger partial charge in [-0.1, -0.05) is 11.6 Å². The Morgan fingerprint density at radius 3 is 2.67 bits per heavy atom. The van der Waals surface area contributed by atoms with E-state index in [-0.39, 0.29) is 6.04 Å². The van der Waals surface area contributed by atoms with Crippen LogP contribution in [0.25, 0.3) is 0 Å². The van der Waals surface area contributed by atoms with E-state index in [1.54, 1.807) is 18.2 Å². The third-order valence-electron chi connectivity index (χ3n) is 3.27. The van der Waals surface area contributed by atoms with Gasteiger partial charge < -0.3 is 10.0 Å². The molecule has 0 unspecified atom stereocenters. The first-order valence-electron chi connectivity index (χ1n) is 6.28. The van der Waals surface area contributed by atoms with E-state index in [0.29, 0.717) is 16.5 Å². The molecule has 1 aromatic carbocycles. The van der Waals surface area contributed by atoms with E-state index in [0.717, 1.165) is 12.2 Å². The fourth-order valence-electron chi connectivity index (χ4n) is 2.09. The summed E-state index contributed by atoms with van der Waals surface area (Å²) < 4.78 is 0. The Hall–Kier alpha value is -1.22. The van der Waals surface area contributed by atoms with Gasteiger partial charge in [0.1, 0.15) is 0 Å². The SMILES string of the molecule is CC(C)N(CC1CC1)c1cc(Cl)ccc1C(=O)O. The van der Waals surface area contributed by atoms with Crippen LogP contribution in [0, 0.1) is 5.92 Å². The van der Waals surface area contributed by atoms with Gasteiger partial charge in [0.25, 0.3) is 0 Å². The van der Waals surface area contributed by atoms with Gasteiger partial charge in [-0.2, -0.15) is 0 Å². The average Bonchev–Trinajstić information content (AvgIpc) is 3.08. The molecule has 0 atom stereocenters. The predicted molar refractivity (Wildman–Crippen MR) is 73.6 cm³/mol. The zero-order valence-corrected chi connectivity index (χ0v) is 11.4. The van der Waals surface area contributed by atoms with E-state index < -0.39 is 5.97 Å². The summed E-state index contributed by atoms with van der Waals surface area (Å²) in [6.07, 6.45) is 2.48. The van der Waals surface area contributed by atoms with Gasteiger partial charge in [-0.05, 0) is 50.8 Å². The number of rotatable bonds is 5. The van der Waals surface area contributed by atoms with E-state index >= 15 is 0 Å². The first-order chi connectivity index (χ1) is 8.49. The highest BCUT2D eigenvalue weighted by molar-refractivity contribution is 6.31. The topological polar surface area (TPSA) is 40.5 Å². The summed E-state index contributed by atoms with van der Waals surface area (Å²) in [5.74, 6) is -0.198. The van der Waals surface area contributed by atoms with Gasteiger partial charge in [0.15, 0.2) is 0 Å². The third-order valence-corrected chi connectivity index (χ3v) is 3.51. The maximum absolute atomic E-state index is 11.3. The Balaban J connectivity index is 2.37. The van der Waals surface area contributed by atoms with Crippen LogP contribution in [0.4, 0.5) is 5.69 Å². The molecule has 0 heterocycles. The number of carbonyl (C=O) groups is 1. The number of benzene rings is 1. The molecule has 18 heavy (non-hydrogen) atoms. The molecule has 1 aromatic rings. The lowest BCUT2D eigenvalue weighted by atomic mass is 10.1. The summed E-state index contributed by atoms with van der Waals surface area (Å²) in [5.41, 5.74) is 1.06. The number of aromatic carboxylic acids is 1. The van der Waals surface area contributed by atoms with Crippen molar-refractivity contribution in [2.24, 2.45) is 5.92 Å². The normalized spacial score (nSPS) is 14.9. The van der Waals surface area contributed by atoms with Crippen molar-refractivity contribution in [2.75, 3.05) is 11.4 Å². The van der Waals surface area contributed by atoms with Gasteiger partial charge in [-0.25, -0.2) is 4.79 Å². The molecule has 0 aromatic heterocycles. The third kappa shape index (κ3) is 2.96. The predicted octanol–water partition coefficient (Wildman–Crippen LogP) is 3.66. The molecule has 0 spiro atoms. The molecule has 1 saturated carbocycles. The molecule has 98 valence electrons. The Labute approximate surface area is 112 Å². The number of carboxylic acids is 1. The lowest BCUT2D eigenvalue weighted by Crippen LogP contribution is -2.34. The van der Waals surface area contributed by atoms with Gasteiger partial charge >= 0.3 is 5.97 Å². The van der Waals surface area contributed by atoms with Crippen molar-refractivity contribution in [3.05, 3.63) is 28.8 Å². The van der Waals surface area contributed by atoms with E-state index in [2.05, 4.69) is 18.7 Å². The summed E-state index contributed by atoms with van der Waals surface area (Å²) in [6, 6.07) is 5.24. The van der Waals surface area contributed by atoms with Crippen molar-refractivity contribution in [3.63, 3.8) is 0 Å². The zero-order chi connectivity index (χ0) is 13.3. The molecule has 1 aliphatic rings. The number of hydrogen-bond acceptors (Lipinski definition) is 2. The first-order valence-corrected chi connectivity index (χ1v) is 6.66. The van der Waals surface area contributed by atoms with Gasteiger partial charge in [0.05, 0.1) is 11.3 Å². The van der Waals surface area contributed by atoms with Gasteiger partial charge in [-0.3, -0.25) is 0 Å². The van der Waals surface area contributed by atoms with Crippen LogP contribution in [0.3, 0.4) is 0 Å². The molecule has 0 aliphatic heterocycles. The summed E-state index contributed by atoms with van der Waals surface area (Å²) in [7, 11) is 0. The first kappa shape index (κ1) is 13.2. The van der Waals surface area contributed by atoms with Gasteiger partial charge in [0.2, 0.25) is 0 Å². The van der Waals surface area contributed by atoms with Crippen molar-refractivity contribution in [3.8, 4) is 0 Å². The van der Waals surface area contributed by atoms with E-state index in [1.807, 2.05) is 0 Å². The molecule has 2 rings (SSSR count). The smallest absolute Gasteiger partial charge is 0.337 e. The zero-order valence-electron chi connectivity index (χ0n) is 10.7. The van der Waals surface area contributed by atoms with E-state index in [9.17, 15) is 9.90 Å². The van der Waals surface area contributed by atoms with Gasteiger partial charge in [0, 0.05) is 17.6 Å². The summed E-state index contributed by atoms with van der Waals surface area (Å²) in [5, 5.41) is 9.85. The van der Waals surface area contributed by atoms with E-state index in [1.165, 1.54) is 12.8 Å². The second-order valence-corrected chi connectivity index (χ2v) is 5.59. The van der Waals surface area contributed by atoms with Crippen LogP contribution < -0.4 is 4.90 Å². The lowest BCUT2D eigenvalue weighted by Gasteiger charge is -2.30. The van der Waals surface area contributed by atoms with Crippen molar-refractivity contribution in [1.82, 2.24) is 0 Å². The highest BCUT2D eigenvalue weighted by atomic mass is 35.5. The second-order valence-electron chi connectivity index (χ2n) is 5.16. The Bertz CT molecular complexity index is 455. The second kappa shape index (κ2) is 5.19. The van der Waals surface area contributed by atoms with Crippen molar-refractivity contribution in [2.45, 2.75) is 32.7 Å². The minimum absolute atomic E-state index is 0.266. The molecule has 1 fully saturated rings. The average molecular weight is 268 g/mol. The molecule has 0 amide bonds. The molecule has 0 radical (unpaired) electrons. The Kier molecular flexibility index (Phi) is 3.81. The van der Waals surface area contributed by atoms with Crippen LogP contribution >= 0.6 is 11.6 Å². The molecule has 0 bridgehead atoms. The minimum Gasteiger partial charge on any atom is -0.478 e. The minimum atomic E-state index is -0.900. The molecule has 1 aliphatic carbocycles. The number of hydrogen-bond donors (Lipinski definition) is 1. The number of halogens is 1. The fourth-order valence-corrected chi connectivity index (χ4v) is 2.26. The highest BCUT2D eigenvalue weighted by Gasteiger charge is 2.27. The van der Waals surface area contributed by atoms with Crippen LogP contribution in [-0.4, -0.2) is 23.7 Å². The number of nitrogens with zero attached hydrogens (tertiary/aromatic N) is 1. The highest BCUT2D eigenvalue weighted by Crippen LogP contribution is 2.34. The Morgan fingerprint density at radius 1 is 1.50 bits per heavy atom. The molecule has 3 nitrogen and oxygen atoms in total. The summed E-state index contributed by atoms with van der Waals surface area (Å²) in [6.45, 7) is 5.07. The largest absolute Gasteiger partial charge is 0.478 e. The van der Waals surface area contributed by atoms with Crippen LogP contribution in [0.15, 0.2) is 18.2 Å². The molecule has 4 heteroatoms. The molecule has 1 N–H and O–H groups in total. The summed E-state index contributed by atoms with van der Waals surface area (Å²) in [4.78, 5) is 13.4. The maximum atomic E-state index is 11.3. The Morgan fingerprint density at radius 2 is 2.17 bits per heavy atom. The number of carboxylic acid groups (broad SMARTS) is 1. The van der Waals surface area contributed by atoms with Crippen LogP contribution in [0.1, 0.15) is 37.0 Å². The van der Waals surface area contributed by atoms with E-state index in [4.69, 9.17) is 11.6 Å². The molecular formula is C14H18ClNO2. The molecule has 0 saturated heterocycles. The fraction of sp³-hybridized carbons (Fsp3) is 0.500. The lowest BCUT2D eigenvalue weighted by molar-refractivity contribution is 0.0697. The van der Waals surface area contributed by atoms with Crippen molar-refractivity contribution >= 4 is 23.3 Å². The molecular weight excluding hydrogens is 250 g/mol. The van der Waals surface area contributed by atoms with Crippen LogP contribution in [-0.2, 0) is 0 Å². The monoisotopic (exact) mass is 267 g/mol. The van der Waals surface area contributed by atoms with Crippen LogP contribution in [0.5, 0.6) is 0 Å². The number of anilines is 1. The van der Waals surface area contributed by atoms with Crippen molar-refractivity contribution in [1.29, 1.82) is 0 Å². The van der Waals surface area contributed by atoms with Gasteiger partial charge in [-0.15, -0.1) is 0 Å².